The number of anilines is 2. The molecule has 100 valence electrons. The zero-order valence-electron chi connectivity index (χ0n) is 11.2. The van der Waals surface area contributed by atoms with Gasteiger partial charge in [-0.15, -0.1) is 0 Å². The first-order valence-corrected chi connectivity index (χ1v) is 7.84. The van der Waals surface area contributed by atoms with Crippen LogP contribution < -0.4 is 10.6 Å². The number of pyridine rings is 1. The Kier molecular flexibility index (Phi) is 3.51. The predicted molar refractivity (Wildman–Crippen MR) is 84.9 cm³/mol. The van der Waals surface area contributed by atoms with Crippen LogP contribution in [-0.4, -0.2) is 29.1 Å². The molecule has 0 aliphatic carbocycles. The van der Waals surface area contributed by atoms with E-state index in [2.05, 4.69) is 35.7 Å². The van der Waals surface area contributed by atoms with Crippen LogP contribution in [0.5, 0.6) is 0 Å². The van der Waals surface area contributed by atoms with Crippen molar-refractivity contribution in [2.24, 2.45) is 0 Å². The van der Waals surface area contributed by atoms with Gasteiger partial charge in [-0.25, -0.2) is 4.98 Å². The second kappa shape index (κ2) is 5.29. The van der Waals surface area contributed by atoms with Gasteiger partial charge < -0.3 is 10.6 Å². The maximum Gasteiger partial charge on any atom is 0.129 e. The van der Waals surface area contributed by atoms with Gasteiger partial charge in [0.2, 0.25) is 0 Å². The van der Waals surface area contributed by atoms with Crippen molar-refractivity contribution in [1.29, 1.82) is 0 Å². The van der Waals surface area contributed by atoms with E-state index >= 15 is 0 Å². The fourth-order valence-corrected chi connectivity index (χ4v) is 3.66. The molecule has 1 aliphatic heterocycles. The lowest BCUT2D eigenvalue weighted by Crippen LogP contribution is -2.38. The first kappa shape index (κ1) is 12.6. The molecule has 4 heteroatoms. The number of nitrogens with zero attached hydrogens (tertiary/aromatic N) is 2. The average molecular weight is 273 g/mol. The Bertz CT molecular complexity index is 585. The van der Waals surface area contributed by atoms with Crippen LogP contribution in [0.1, 0.15) is 13.3 Å². The third-order valence-electron chi connectivity index (χ3n) is 3.62. The molecule has 0 amide bonds. The van der Waals surface area contributed by atoms with Gasteiger partial charge in [0.1, 0.15) is 5.82 Å². The first-order chi connectivity index (χ1) is 9.26. The summed E-state index contributed by atoms with van der Waals surface area (Å²) in [6.07, 6.45) is 1.23. The summed E-state index contributed by atoms with van der Waals surface area (Å²) >= 11 is 2.08. The second-order valence-corrected chi connectivity index (χ2v) is 6.38. The highest BCUT2D eigenvalue weighted by Gasteiger charge is 2.19. The molecule has 3 rings (SSSR count). The number of aromatic nitrogens is 1. The van der Waals surface area contributed by atoms with Crippen molar-refractivity contribution in [3.05, 3.63) is 30.3 Å². The monoisotopic (exact) mass is 273 g/mol. The van der Waals surface area contributed by atoms with Gasteiger partial charge in [0.25, 0.3) is 0 Å². The van der Waals surface area contributed by atoms with Crippen molar-refractivity contribution in [2.45, 2.75) is 18.6 Å². The zero-order chi connectivity index (χ0) is 13.2. The SMILES string of the molecule is CCC1CN(c2ccc3cc(N)ccc3n2)CCS1. The van der Waals surface area contributed by atoms with Crippen molar-refractivity contribution in [3.8, 4) is 0 Å². The fraction of sp³-hybridized carbons (Fsp3) is 0.400. The highest BCUT2D eigenvalue weighted by molar-refractivity contribution is 8.00. The molecule has 1 saturated heterocycles. The number of nitrogens with two attached hydrogens (primary N) is 1. The summed E-state index contributed by atoms with van der Waals surface area (Å²) in [6.45, 7) is 4.46. The van der Waals surface area contributed by atoms with E-state index in [4.69, 9.17) is 10.7 Å². The van der Waals surface area contributed by atoms with Crippen LogP contribution in [0.25, 0.3) is 10.9 Å². The standard InChI is InChI=1S/C15H19N3S/c1-2-13-10-18(7-8-19-13)15-6-3-11-9-12(16)4-5-14(11)17-15/h3-6,9,13H,2,7-8,10,16H2,1H3. The van der Waals surface area contributed by atoms with Crippen molar-refractivity contribution in [2.75, 3.05) is 29.5 Å². The molecule has 0 spiro atoms. The fourth-order valence-electron chi connectivity index (χ4n) is 2.48. The van der Waals surface area contributed by atoms with E-state index in [1.807, 2.05) is 18.2 Å². The number of hydrogen-bond donors (Lipinski definition) is 1. The summed E-state index contributed by atoms with van der Waals surface area (Å²) in [5.41, 5.74) is 7.62. The van der Waals surface area contributed by atoms with E-state index in [1.165, 1.54) is 12.2 Å². The van der Waals surface area contributed by atoms with Gasteiger partial charge in [0, 0.05) is 35.2 Å². The molecule has 19 heavy (non-hydrogen) atoms. The van der Waals surface area contributed by atoms with E-state index in [0.29, 0.717) is 0 Å². The molecule has 1 fully saturated rings. The normalized spacial score (nSPS) is 19.8. The second-order valence-electron chi connectivity index (χ2n) is 4.97. The lowest BCUT2D eigenvalue weighted by molar-refractivity contribution is 0.721. The summed E-state index contributed by atoms with van der Waals surface area (Å²) in [6, 6.07) is 10.1. The molecule has 2 heterocycles. The smallest absolute Gasteiger partial charge is 0.129 e. The number of benzene rings is 1. The average Bonchev–Trinajstić information content (AvgIpc) is 2.46. The van der Waals surface area contributed by atoms with E-state index < -0.39 is 0 Å². The first-order valence-electron chi connectivity index (χ1n) is 6.79. The molecule has 1 aromatic heterocycles. The topological polar surface area (TPSA) is 42.1 Å². The van der Waals surface area contributed by atoms with Gasteiger partial charge in [0.15, 0.2) is 0 Å². The Labute approximate surface area is 118 Å². The minimum absolute atomic E-state index is 0.734. The van der Waals surface area contributed by atoms with E-state index in [1.54, 1.807) is 0 Å². The number of rotatable bonds is 2. The van der Waals surface area contributed by atoms with Crippen LogP contribution >= 0.6 is 11.8 Å². The Morgan fingerprint density at radius 3 is 3.11 bits per heavy atom. The van der Waals surface area contributed by atoms with Crippen LogP contribution in [-0.2, 0) is 0 Å². The summed E-state index contributed by atoms with van der Waals surface area (Å²) in [7, 11) is 0. The van der Waals surface area contributed by atoms with Gasteiger partial charge >= 0.3 is 0 Å². The maximum atomic E-state index is 5.80. The predicted octanol–water partition coefficient (Wildman–Crippen LogP) is 3.15. The number of nitrogen functional groups attached to an aromatic ring is 1. The largest absolute Gasteiger partial charge is 0.399 e. The quantitative estimate of drug-likeness (QED) is 0.854. The van der Waals surface area contributed by atoms with Crippen LogP contribution in [0, 0.1) is 0 Å². The molecule has 3 nitrogen and oxygen atoms in total. The highest BCUT2D eigenvalue weighted by atomic mass is 32.2. The third kappa shape index (κ3) is 2.63. The Hall–Kier alpha value is -1.42. The molecule has 0 bridgehead atoms. The lowest BCUT2D eigenvalue weighted by Gasteiger charge is -2.32. The molecule has 1 aliphatic rings. The number of thioether (sulfide) groups is 1. The molecule has 2 aromatic rings. The summed E-state index contributed by atoms with van der Waals surface area (Å²) in [4.78, 5) is 7.17. The highest BCUT2D eigenvalue weighted by Crippen LogP contribution is 2.26. The van der Waals surface area contributed by atoms with Gasteiger partial charge in [0.05, 0.1) is 5.52 Å². The molecule has 2 N–H and O–H groups in total. The van der Waals surface area contributed by atoms with Crippen LogP contribution in [0.15, 0.2) is 30.3 Å². The maximum absolute atomic E-state index is 5.80. The molecule has 0 saturated carbocycles. The number of hydrogen-bond acceptors (Lipinski definition) is 4. The Balaban J connectivity index is 1.90. The lowest BCUT2D eigenvalue weighted by atomic mass is 10.2. The zero-order valence-corrected chi connectivity index (χ0v) is 12.0. The summed E-state index contributed by atoms with van der Waals surface area (Å²) in [5.74, 6) is 2.29. The Morgan fingerprint density at radius 1 is 1.37 bits per heavy atom. The minimum Gasteiger partial charge on any atom is -0.399 e. The molecule has 1 unspecified atom stereocenters. The van der Waals surface area contributed by atoms with Crippen molar-refractivity contribution >= 4 is 34.2 Å². The van der Waals surface area contributed by atoms with E-state index in [0.717, 1.165) is 40.7 Å². The molecule has 1 aromatic carbocycles. The van der Waals surface area contributed by atoms with Gasteiger partial charge in [-0.2, -0.15) is 11.8 Å². The molecular weight excluding hydrogens is 254 g/mol. The van der Waals surface area contributed by atoms with Gasteiger partial charge in [-0.1, -0.05) is 6.92 Å². The minimum atomic E-state index is 0.734. The molecule has 0 radical (unpaired) electrons. The molecular formula is C15H19N3S. The third-order valence-corrected chi connectivity index (χ3v) is 4.99. The van der Waals surface area contributed by atoms with Gasteiger partial charge in [-0.05, 0) is 36.8 Å². The van der Waals surface area contributed by atoms with Crippen LogP contribution in [0.2, 0.25) is 0 Å². The Morgan fingerprint density at radius 2 is 2.26 bits per heavy atom. The van der Waals surface area contributed by atoms with Crippen LogP contribution in [0.4, 0.5) is 11.5 Å². The van der Waals surface area contributed by atoms with Crippen LogP contribution in [0.3, 0.4) is 0 Å². The van der Waals surface area contributed by atoms with E-state index in [-0.39, 0.29) is 0 Å². The van der Waals surface area contributed by atoms with Crippen molar-refractivity contribution in [1.82, 2.24) is 4.98 Å². The summed E-state index contributed by atoms with van der Waals surface area (Å²) < 4.78 is 0. The van der Waals surface area contributed by atoms with Crippen molar-refractivity contribution in [3.63, 3.8) is 0 Å². The van der Waals surface area contributed by atoms with Gasteiger partial charge in [-0.3, -0.25) is 0 Å². The van der Waals surface area contributed by atoms with Crippen molar-refractivity contribution < 1.29 is 0 Å². The number of fused-ring (bicyclic) bond motifs is 1. The molecule has 1 atom stereocenters. The van der Waals surface area contributed by atoms with E-state index in [9.17, 15) is 0 Å². The summed E-state index contributed by atoms with van der Waals surface area (Å²) in [5, 5.41) is 1.85.